The van der Waals surface area contributed by atoms with E-state index in [1.165, 1.54) is 38.5 Å². The predicted octanol–water partition coefficient (Wildman–Crippen LogP) is 3.97. The Balaban J connectivity index is 2.36. The van der Waals surface area contributed by atoms with Crippen LogP contribution in [0.3, 0.4) is 0 Å². The van der Waals surface area contributed by atoms with Crippen LogP contribution in [0, 0.1) is 11.3 Å². The van der Waals surface area contributed by atoms with Gasteiger partial charge in [0.25, 0.3) is 0 Å². The summed E-state index contributed by atoms with van der Waals surface area (Å²) >= 11 is 0. The van der Waals surface area contributed by atoms with Crippen molar-refractivity contribution in [3.63, 3.8) is 0 Å². The van der Waals surface area contributed by atoms with E-state index in [4.69, 9.17) is 5.73 Å². The first-order chi connectivity index (χ1) is 11.4. The van der Waals surface area contributed by atoms with Crippen molar-refractivity contribution in [2.45, 2.75) is 97.4 Å². The van der Waals surface area contributed by atoms with E-state index in [9.17, 15) is 9.59 Å². The van der Waals surface area contributed by atoms with Crippen molar-refractivity contribution in [1.82, 2.24) is 5.32 Å². The number of hydrogen-bond donors (Lipinski definition) is 2. The largest absolute Gasteiger partial charge is 0.355 e. The number of hydrogen-bond acceptors (Lipinski definition) is 3. The molecule has 1 aliphatic rings. The molecule has 1 saturated heterocycles. The van der Waals surface area contributed by atoms with Gasteiger partial charge in [0.1, 0.15) is 11.7 Å². The van der Waals surface area contributed by atoms with Gasteiger partial charge >= 0.3 is 0 Å². The van der Waals surface area contributed by atoms with Gasteiger partial charge in [0.05, 0.1) is 0 Å². The van der Waals surface area contributed by atoms with Gasteiger partial charge in [-0.2, -0.15) is 0 Å². The van der Waals surface area contributed by atoms with E-state index in [0.29, 0.717) is 13.0 Å². The van der Waals surface area contributed by atoms with Crippen LogP contribution in [0.4, 0.5) is 0 Å². The van der Waals surface area contributed by atoms with Crippen molar-refractivity contribution in [2.75, 3.05) is 6.54 Å². The van der Waals surface area contributed by atoms with Crippen molar-refractivity contribution in [3.8, 4) is 0 Å². The Hall–Kier alpha value is -0.900. The highest BCUT2D eigenvalue weighted by Gasteiger charge is 2.36. The summed E-state index contributed by atoms with van der Waals surface area (Å²) in [4.78, 5) is 24.8. The molecule has 0 aliphatic carbocycles. The SMILES string of the molecule is CCCCCCCCCC(C)(C)CC(=O)C1C(=O)NCCCC1N. The molecule has 0 spiro atoms. The lowest BCUT2D eigenvalue weighted by molar-refractivity contribution is -0.135. The molecule has 0 aromatic carbocycles. The Kier molecular flexibility index (Phi) is 9.57. The fourth-order valence-electron chi connectivity index (χ4n) is 3.64. The summed E-state index contributed by atoms with van der Waals surface area (Å²) < 4.78 is 0. The molecule has 0 saturated carbocycles. The molecule has 0 bridgehead atoms. The molecule has 0 aromatic heterocycles. The number of nitrogens with one attached hydrogen (secondary N) is 1. The zero-order valence-corrected chi connectivity index (χ0v) is 16.0. The Morgan fingerprint density at radius 2 is 1.79 bits per heavy atom. The zero-order chi connectivity index (χ0) is 18.0. The van der Waals surface area contributed by atoms with Crippen LogP contribution in [0.2, 0.25) is 0 Å². The van der Waals surface area contributed by atoms with E-state index < -0.39 is 5.92 Å². The van der Waals surface area contributed by atoms with Crippen molar-refractivity contribution in [3.05, 3.63) is 0 Å². The fourth-order valence-corrected chi connectivity index (χ4v) is 3.64. The van der Waals surface area contributed by atoms with Crippen LogP contribution in [-0.2, 0) is 9.59 Å². The van der Waals surface area contributed by atoms with Crippen molar-refractivity contribution >= 4 is 11.7 Å². The average Bonchev–Trinajstić information content (AvgIpc) is 2.66. The van der Waals surface area contributed by atoms with Crippen molar-refractivity contribution < 1.29 is 9.59 Å². The van der Waals surface area contributed by atoms with E-state index in [2.05, 4.69) is 26.1 Å². The van der Waals surface area contributed by atoms with E-state index in [-0.39, 0.29) is 23.1 Å². The molecule has 1 rings (SSSR count). The van der Waals surface area contributed by atoms with Crippen LogP contribution < -0.4 is 11.1 Å². The van der Waals surface area contributed by atoms with Gasteiger partial charge in [0, 0.05) is 19.0 Å². The standard InChI is InChI=1S/C20H38N2O2/c1-4-5-6-7-8-9-10-13-20(2,3)15-17(23)18-16(21)12-11-14-22-19(18)24/h16,18H,4-15,21H2,1-3H3,(H,22,24). The van der Waals surface area contributed by atoms with Gasteiger partial charge in [-0.15, -0.1) is 0 Å². The lowest BCUT2D eigenvalue weighted by Gasteiger charge is -2.27. The highest BCUT2D eigenvalue weighted by atomic mass is 16.2. The summed E-state index contributed by atoms with van der Waals surface area (Å²) in [5.41, 5.74) is 6.04. The van der Waals surface area contributed by atoms with E-state index >= 15 is 0 Å². The van der Waals surface area contributed by atoms with Crippen LogP contribution in [0.25, 0.3) is 0 Å². The third-order valence-electron chi connectivity index (χ3n) is 5.18. The number of amides is 1. The molecule has 0 aromatic rings. The second-order valence-electron chi connectivity index (χ2n) is 8.25. The summed E-state index contributed by atoms with van der Waals surface area (Å²) in [5, 5.41) is 2.83. The maximum absolute atomic E-state index is 12.7. The maximum atomic E-state index is 12.7. The quantitative estimate of drug-likeness (QED) is 0.442. The molecule has 3 N–H and O–H groups in total. The fraction of sp³-hybridized carbons (Fsp3) is 0.900. The molecule has 140 valence electrons. The zero-order valence-electron chi connectivity index (χ0n) is 16.0. The van der Waals surface area contributed by atoms with Crippen LogP contribution in [0.15, 0.2) is 0 Å². The molecule has 4 nitrogen and oxygen atoms in total. The Bertz CT molecular complexity index is 393. The second kappa shape index (κ2) is 10.9. The van der Waals surface area contributed by atoms with Gasteiger partial charge < -0.3 is 11.1 Å². The van der Waals surface area contributed by atoms with Crippen LogP contribution in [0.5, 0.6) is 0 Å². The molecule has 2 unspecified atom stereocenters. The lowest BCUT2D eigenvalue weighted by Crippen LogP contribution is -2.44. The molecule has 2 atom stereocenters. The van der Waals surface area contributed by atoms with Gasteiger partial charge in [-0.1, -0.05) is 65.7 Å². The van der Waals surface area contributed by atoms with Gasteiger partial charge in [0.15, 0.2) is 0 Å². The molecular formula is C20H38N2O2. The Morgan fingerprint density at radius 3 is 2.46 bits per heavy atom. The maximum Gasteiger partial charge on any atom is 0.232 e. The minimum atomic E-state index is -0.652. The molecule has 1 fully saturated rings. The first kappa shape index (κ1) is 21.1. The normalized spacial score (nSPS) is 22.1. The first-order valence-corrected chi connectivity index (χ1v) is 9.93. The third kappa shape index (κ3) is 7.78. The molecule has 24 heavy (non-hydrogen) atoms. The summed E-state index contributed by atoms with van der Waals surface area (Å²) in [7, 11) is 0. The number of rotatable bonds is 11. The third-order valence-corrected chi connectivity index (χ3v) is 5.18. The summed E-state index contributed by atoms with van der Waals surface area (Å²) in [6.07, 6.45) is 12.1. The van der Waals surface area contributed by atoms with Crippen LogP contribution in [0.1, 0.15) is 91.4 Å². The average molecular weight is 339 g/mol. The van der Waals surface area contributed by atoms with Gasteiger partial charge in [0.2, 0.25) is 5.91 Å². The highest BCUT2D eigenvalue weighted by molar-refractivity contribution is 6.02. The summed E-state index contributed by atoms with van der Waals surface area (Å²) in [6.45, 7) is 7.15. The Morgan fingerprint density at radius 1 is 1.17 bits per heavy atom. The minimum absolute atomic E-state index is 0.0230. The topological polar surface area (TPSA) is 72.2 Å². The monoisotopic (exact) mass is 338 g/mol. The minimum Gasteiger partial charge on any atom is -0.355 e. The number of carbonyl (C=O) groups is 2. The smallest absolute Gasteiger partial charge is 0.232 e. The van der Waals surface area contributed by atoms with Gasteiger partial charge in [-0.05, 0) is 24.7 Å². The summed E-state index contributed by atoms with van der Waals surface area (Å²) in [6, 6.07) is -0.325. The predicted molar refractivity (Wildman–Crippen MR) is 99.7 cm³/mol. The van der Waals surface area contributed by atoms with Gasteiger partial charge in [-0.3, -0.25) is 9.59 Å². The number of ketones is 1. The number of unbranched alkanes of at least 4 members (excludes halogenated alkanes) is 6. The molecule has 1 amide bonds. The second-order valence-corrected chi connectivity index (χ2v) is 8.25. The Labute approximate surface area is 148 Å². The van der Waals surface area contributed by atoms with Crippen LogP contribution in [-0.4, -0.2) is 24.3 Å². The van der Waals surface area contributed by atoms with Crippen molar-refractivity contribution in [2.24, 2.45) is 17.1 Å². The number of carbonyl (C=O) groups excluding carboxylic acids is 2. The highest BCUT2D eigenvalue weighted by Crippen LogP contribution is 2.30. The van der Waals surface area contributed by atoms with E-state index in [0.717, 1.165) is 25.7 Å². The molecule has 1 heterocycles. The molecule has 1 aliphatic heterocycles. The van der Waals surface area contributed by atoms with Crippen molar-refractivity contribution in [1.29, 1.82) is 0 Å². The number of Topliss-reactive ketones (excluding diaryl/α,β-unsaturated/α-hetero) is 1. The molecule has 4 heteroatoms. The van der Waals surface area contributed by atoms with Crippen LogP contribution >= 0.6 is 0 Å². The molecule has 0 radical (unpaired) electrons. The van der Waals surface area contributed by atoms with Gasteiger partial charge in [-0.25, -0.2) is 0 Å². The van der Waals surface area contributed by atoms with E-state index in [1.54, 1.807) is 0 Å². The molecular weight excluding hydrogens is 300 g/mol. The summed E-state index contributed by atoms with van der Waals surface area (Å²) in [5.74, 6) is -0.799. The lowest BCUT2D eigenvalue weighted by atomic mass is 9.78. The van der Waals surface area contributed by atoms with E-state index in [1.807, 2.05) is 0 Å². The number of nitrogens with two attached hydrogens (primary N) is 1. The first-order valence-electron chi connectivity index (χ1n) is 9.93.